The number of benzene rings is 3. The molecular weight excluding hydrogens is 294 g/mol. The van der Waals surface area contributed by atoms with E-state index in [9.17, 15) is 0 Å². The molecule has 3 aromatic rings. The van der Waals surface area contributed by atoms with Crippen LogP contribution < -0.4 is 17.2 Å². The van der Waals surface area contributed by atoms with Gasteiger partial charge in [-0.2, -0.15) is 0 Å². The maximum Gasteiger partial charge on any atom is 0.0314 e. The Balaban J connectivity index is 2.20. The fraction of sp³-hybridized carbons (Fsp3) is 0.0476. The molecule has 3 rings (SSSR count). The van der Waals surface area contributed by atoms with Crippen LogP contribution in [0.3, 0.4) is 0 Å². The standard InChI is InChI=1S/C21H21N3/c1-14(15-2-8-18(22)9-3-15)21(16-4-10-19(23)11-5-16)17-6-12-20(24)13-7-17/h2-13H,22-24H2,1H3. The zero-order valence-corrected chi connectivity index (χ0v) is 13.7. The van der Waals surface area contributed by atoms with E-state index in [1.165, 1.54) is 5.57 Å². The Morgan fingerprint density at radius 3 is 1.12 bits per heavy atom. The molecule has 120 valence electrons. The first-order valence-electron chi connectivity index (χ1n) is 7.83. The molecule has 0 unspecified atom stereocenters. The van der Waals surface area contributed by atoms with E-state index in [2.05, 4.69) is 6.92 Å². The molecule has 0 fully saturated rings. The summed E-state index contributed by atoms with van der Waals surface area (Å²) in [6, 6.07) is 23.8. The second-order valence-electron chi connectivity index (χ2n) is 5.87. The molecule has 0 aliphatic carbocycles. The van der Waals surface area contributed by atoms with E-state index in [1.807, 2.05) is 72.8 Å². The number of nitrogen functional groups attached to an aromatic ring is 3. The van der Waals surface area contributed by atoms with Crippen LogP contribution in [0.5, 0.6) is 0 Å². The van der Waals surface area contributed by atoms with Gasteiger partial charge in [0.25, 0.3) is 0 Å². The molecule has 0 saturated heterocycles. The second kappa shape index (κ2) is 6.50. The topological polar surface area (TPSA) is 78.1 Å². The van der Waals surface area contributed by atoms with Crippen molar-refractivity contribution in [1.29, 1.82) is 0 Å². The summed E-state index contributed by atoms with van der Waals surface area (Å²) in [6.45, 7) is 2.12. The van der Waals surface area contributed by atoms with E-state index in [4.69, 9.17) is 17.2 Å². The largest absolute Gasteiger partial charge is 0.399 e. The van der Waals surface area contributed by atoms with E-state index >= 15 is 0 Å². The number of hydrogen-bond donors (Lipinski definition) is 3. The first kappa shape index (κ1) is 15.7. The Morgan fingerprint density at radius 1 is 0.500 bits per heavy atom. The lowest BCUT2D eigenvalue weighted by atomic mass is 9.90. The average Bonchev–Trinajstić information content (AvgIpc) is 2.59. The van der Waals surface area contributed by atoms with Crippen molar-refractivity contribution in [2.24, 2.45) is 0 Å². The van der Waals surface area contributed by atoms with Crippen LogP contribution in [0.25, 0.3) is 11.1 Å². The molecule has 3 heteroatoms. The highest BCUT2D eigenvalue weighted by molar-refractivity contribution is 5.98. The highest BCUT2D eigenvalue weighted by atomic mass is 14.5. The Bertz CT molecular complexity index is 811. The predicted molar refractivity (Wildman–Crippen MR) is 104 cm³/mol. The zero-order valence-electron chi connectivity index (χ0n) is 13.7. The lowest BCUT2D eigenvalue weighted by Gasteiger charge is -2.15. The summed E-state index contributed by atoms with van der Waals surface area (Å²) < 4.78 is 0. The van der Waals surface area contributed by atoms with Crippen molar-refractivity contribution in [3.63, 3.8) is 0 Å². The molecular formula is C21H21N3. The van der Waals surface area contributed by atoms with Crippen molar-refractivity contribution in [1.82, 2.24) is 0 Å². The van der Waals surface area contributed by atoms with Crippen molar-refractivity contribution in [2.45, 2.75) is 6.92 Å². The number of anilines is 3. The van der Waals surface area contributed by atoms with E-state index in [1.54, 1.807) is 0 Å². The predicted octanol–water partition coefficient (Wildman–Crippen LogP) is 4.41. The molecule has 0 aromatic heterocycles. The maximum absolute atomic E-state index is 5.84. The molecule has 3 nitrogen and oxygen atoms in total. The summed E-state index contributed by atoms with van der Waals surface area (Å²) >= 11 is 0. The minimum absolute atomic E-state index is 0.751. The fourth-order valence-electron chi connectivity index (χ4n) is 2.78. The van der Waals surface area contributed by atoms with E-state index < -0.39 is 0 Å². The third kappa shape index (κ3) is 3.25. The van der Waals surface area contributed by atoms with Gasteiger partial charge in [-0.1, -0.05) is 36.4 Å². The molecule has 0 bridgehead atoms. The van der Waals surface area contributed by atoms with Crippen LogP contribution in [0.2, 0.25) is 0 Å². The van der Waals surface area contributed by atoms with Crippen molar-refractivity contribution in [2.75, 3.05) is 17.2 Å². The highest BCUT2D eigenvalue weighted by Crippen LogP contribution is 2.33. The van der Waals surface area contributed by atoms with Crippen LogP contribution in [-0.4, -0.2) is 0 Å². The van der Waals surface area contributed by atoms with Crippen molar-refractivity contribution < 1.29 is 0 Å². The third-order valence-electron chi connectivity index (χ3n) is 4.12. The third-order valence-corrected chi connectivity index (χ3v) is 4.12. The van der Waals surface area contributed by atoms with Gasteiger partial charge in [-0.25, -0.2) is 0 Å². The second-order valence-corrected chi connectivity index (χ2v) is 5.87. The Kier molecular flexibility index (Phi) is 4.25. The number of allylic oxidation sites excluding steroid dienone is 1. The smallest absolute Gasteiger partial charge is 0.0314 e. The summed E-state index contributed by atoms with van der Waals surface area (Å²) in [5.41, 5.74) is 25.4. The maximum atomic E-state index is 5.84. The lowest BCUT2D eigenvalue weighted by molar-refractivity contribution is 1.50. The molecule has 24 heavy (non-hydrogen) atoms. The monoisotopic (exact) mass is 315 g/mol. The summed E-state index contributed by atoms with van der Waals surface area (Å²) in [7, 11) is 0. The zero-order chi connectivity index (χ0) is 17.1. The van der Waals surface area contributed by atoms with Crippen LogP contribution >= 0.6 is 0 Å². The number of nitrogens with two attached hydrogens (primary N) is 3. The van der Waals surface area contributed by atoms with E-state index in [-0.39, 0.29) is 0 Å². The van der Waals surface area contributed by atoms with Gasteiger partial charge >= 0.3 is 0 Å². The fourth-order valence-corrected chi connectivity index (χ4v) is 2.78. The van der Waals surface area contributed by atoms with Crippen LogP contribution in [0.4, 0.5) is 17.1 Å². The number of rotatable bonds is 3. The van der Waals surface area contributed by atoms with Gasteiger partial charge < -0.3 is 17.2 Å². The molecule has 0 saturated carbocycles. The van der Waals surface area contributed by atoms with Crippen molar-refractivity contribution in [3.05, 3.63) is 89.5 Å². The Morgan fingerprint density at radius 2 is 0.792 bits per heavy atom. The quantitative estimate of drug-likeness (QED) is 0.495. The van der Waals surface area contributed by atoms with Gasteiger partial charge in [-0.3, -0.25) is 0 Å². The molecule has 0 spiro atoms. The molecule has 0 aliphatic heterocycles. The number of hydrogen-bond acceptors (Lipinski definition) is 3. The summed E-state index contributed by atoms with van der Waals surface area (Å²) in [5.74, 6) is 0. The van der Waals surface area contributed by atoms with E-state index in [0.29, 0.717) is 0 Å². The van der Waals surface area contributed by atoms with Crippen LogP contribution in [0.15, 0.2) is 72.8 Å². The first-order valence-corrected chi connectivity index (χ1v) is 7.83. The molecule has 0 radical (unpaired) electrons. The normalized spacial score (nSPS) is 10.4. The van der Waals surface area contributed by atoms with Gasteiger partial charge in [-0.15, -0.1) is 0 Å². The van der Waals surface area contributed by atoms with Gasteiger partial charge in [0, 0.05) is 17.1 Å². The Labute approximate surface area is 142 Å². The summed E-state index contributed by atoms with van der Waals surface area (Å²) in [6.07, 6.45) is 0. The minimum Gasteiger partial charge on any atom is -0.399 e. The molecule has 0 aliphatic rings. The lowest BCUT2D eigenvalue weighted by Crippen LogP contribution is -1.95. The van der Waals surface area contributed by atoms with Gasteiger partial charge in [-0.05, 0) is 71.2 Å². The van der Waals surface area contributed by atoms with Gasteiger partial charge in [0.1, 0.15) is 0 Å². The molecule has 3 aromatic carbocycles. The average molecular weight is 315 g/mol. The molecule has 6 N–H and O–H groups in total. The van der Waals surface area contributed by atoms with Crippen LogP contribution in [-0.2, 0) is 0 Å². The van der Waals surface area contributed by atoms with Gasteiger partial charge in [0.2, 0.25) is 0 Å². The summed E-state index contributed by atoms with van der Waals surface area (Å²) in [4.78, 5) is 0. The van der Waals surface area contributed by atoms with Gasteiger partial charge in [0.15, 0.2) is 0 Å². The minimum atomic E-state index is 0.751. The first-order chi connectivity index (χ1) is 11.5. The van der Waals surface area contributed by atoms with Crippen molar-refractivity contribution in [3.8, 4) is 0 Å². The SMILES string of the molecule is CC(=C(c1ccc(N)cc1)c1ccc(N)cc1)c1ccc(N)cc1. The van der Waals surface area contributed by atoms with Crippen molar-refractivity contribution >= 4 is 28.2 Å². The van der Waals surface area contributed by atoms with E-state index in [0.717, 1.165) is 39.3 Å². The summed E-state index contributed by atoms with van der Waals surface area (Å²) in [5, 5.41) is 0. The van der Waals surface area contributed by atoms with Gasteiger partial charge in [0.05, 0.1) is 0 Å². The Hall–Kier alpha value is -3.20. The molecule has 0 amide bonds. The molecule has 0 atom stereocenters. The highest BCUT2D eigenvalue weighted by Gasteiger charge is 2.11. The molecule has 0 heterocycles. The van der Waals surface area contributed by atoms with Crippen LogP contribution in [0.1, 0.15) is 23.6 Å². The van der Waals surface area contributed by atoms with Crippen LogP contribution in [0, 0.1) is 0 Å².